The normalized spacial score (nSPS) is 33.2. The van der Waals surface area contributed by atoms with Gasteiger partial charge in [0.1, 0.15) is 0 Å². The van der Waals surface area contributed by atoms with Gasteiger partial charge in [0.05, 0.1) is 18.1 Å². The Hall–Kier alpha value is -2.75. The summed E-state index contributed by atoms with van der Waals surface area (Å²) in [6.07, 6.45) is 8.33. The second kappa shape index (κ2) is 4.70. The summed E-state index contributed by atoms with van der Waals surface area (Å²) >= 11 is 0. The van der Waals surface area contributed by atoms with E-state index >= 15 is 0 Å². The van der Waals surface area contributed by atoms with Gasteiger partial charge in [0, 0.05) is 5.56 Å². The van der Waals surface area contributed by atoms with Gasteiger partial charge in [-0.25, -0.2) is 0 Å². The largest absolute Gasteiger partial charge is 0.272 e. The quantitative estimate of drug-likeness (QED) is 0.477. The zero-order valence-electron chi connectivity index (χ0n) is 14.2. The first-order chi connectivity index (χ1) is 12.7. The highest BCUT2D eigenvalue weighted by Crippen LogP contribution is 2.73. The lowest BCUT2D eigenvalue weighted by Crippen LogP contribution is -2.30. The van der Waals surface area contributed by atoms with Crippen LogP contribution in [-0.4, -0.2) is 23.0 Å². The molecule has 1 heterocycles. The molecule has 4 nitrogen and oxygen atoms in total. The lowest BCUT2D eigenvalue weighted by Gasteiger charge is -2.18. The summed E-state index contributed by atoms with van der Waals surface area (Å²) in [6, 6.07) is 14.0. The number of hydrazone groups is 1. The van der Waals surface area contributed by atoms with Gasteiger partial charge in [-0.05, 0) is 40.9 Å². The van der Waals surface area contributed by atoms with Gasteiger partial charge in [-0.15, -0.1) is 0 Å². The fourth-order valence-corrected chi connectivity index (χ4v) is 5.66. The monoisotopic (exact) mass is 342 g/mol. The highest BCUT2D eigenvalue weighted by molar-refractivity contribution is 6.08. The number of fused-ring (bicyclic) bond motifs is 4. The molecule has 0 N–H and O–H groups in total. The topological polar surface area (TPSA) is 49.7 Å². The van der Waals surface area contributed by atoms with Crippen LogP contribution in [0.15, 0.2) is 59.7 Å². The molecule has 0 radical (unpaired) electrons. The van der Waals surface area contributed by atoms with E-state index in [4.69, 9.17) is 0 Å². The molecule has 2 saturated carbocycles. The number of benzene rings is 2. The molecule has 6 rings (SSSR count). The predicted molar refractivity (Wildman–Crippen MR) is 98.2 cm³/mol. The first-order valence-electron chi connectivity index (χ1n) is 9.29. The summed E-state index contributed by atoms with van der Waals surface area (Å²) in [4.78, 5) is 25.9. The number of carbonyl (C=O) groups excluding carboxylic acids is 2. The molecule has 2 aromatic rings. The molecule has 0 unspecified atom stereocenters. The zero-order chi connectivity index (χ0) is 17.5. The minimum atomic E-state index is -0.190. The average Bonchev–Trinajstić information content (AvgIpc) is 3.27. The van der Waals surface area contributed by atoms with Gasteiger partial charge >= 0.3 is 0 Å². The van der Waals surface area contributed by atoms with Gasteiger partial charge in [-0.2, -0.15) is 10.1 Å². The van der Waals surface area contributed by atoms with E-state index in [2.05, 4.69) is 17.3 Å². The Bertz CT molecular complexity index is 994. The fourth-order valence-electron chi connectivity index (χ4n) is 5.66. The molecule has 1 aliphatic heterocycles. The van der Waals surface area contributed by atoms with Gasteiger partial charge in [0.15, 0.2) is 0 Å². The number of rotatable bonds is 2. The van der Waals surface area contributed by atoms with Crippen molar-refractivity contribution in [3.8, 4) is 0 Å². The molecule has 3 aliphatic carbocycles. The van der Waals surface area contributed by atoms with Gasteiger partial charge in [-0.1, -0.05) is 54.6 Å². The van der Waals surface area contributed by atoms with Crippen molar-refractivity contribution in [3.05, 3.63) is 60.2 Å². The number of carbonyl (C=O) groups is 2. The Kier molecular flexibility index (Phi) is 2.61. The lowest BCUT2D eigenvalue weighted by molar-refractivity contribution is -0.141. The van der Waals surface area contributed by atoms with E-state index < -0.39 is 0 Å². The van der Waals surface area contributed by atoms with Gasteiger partial charge in [0.2, 0.25) is 0 Å². The van der Waals surface area contributed by atoms with E-state index in [1.165, 1.54) is 0 Å². The van der Waals surface area contributed by atoms with Crippen LogP contribution < -0.4 is 0 Å². The summed E-state index contributed by atoms with van der Waals surface area (Å²) in [5, 5.41) is 7.66. The van der Waals surface area contributed by atoms with Crippen LogP contribution in [0.25, 0.3) is 10.8 Å². The third-order valence-corrected chi connectivity index (χ3v) is 6.96. The minimum absolute atomic E-state index is 0.111. The van der Waals surface area contributed by atoms with Crippen LogP contribution in [0.1, 0.15) is 18.4 Å². The molecule has 0 aromatic heterocycles. The van der Waals surface area contributed by atoms with Crippen molar-refractivity contribution in [3.63, 3.8) is 0 Å². The fraction of sp³-hybridized carbons (Fsp3) is 0.318. The molecule has 1 spiro atoms. The van der Waals surface area contributed by atoms with E-state index in [0.29, 0.717) is 0 Å². The van der Waals surface area contributed by atoms with Crippen molar-refractivity contribution >= 4 is 28.8 Å². The standard InChI is InChI=1S/C22H18N2O2/c25-20-18-16-8-9-17(22(16)10-11-22)19(18)21(26)24(20)23-12-14-6-3-5-13-4-1-2-7-15(13)14/h1-9,12,16-19H,10-11H2/b23-12-/t16-,17-,18+,19+/m1/s1. The van der Waals surface area contributed by atoms with E-state index in [0.717, 1.165) is 34.2 Å². The molecular weight excluding hydrogens is 324 g/mol. The molecule has 2 bridgehead atoms. The molecular formula is C22H18N2O2. The third kappa shape index (κ3) is 1.62. The zero-order valence-corrected chi connectivity index (χ0v) is 14.2. The smallest absolute Gasteiger partial charge is 0.254 e. The van der Waals surface area contributed by atoms with Gasteiger partial charge in [0.25, 0.3) is 11.8 Å². The Morgan fingerprint density at radius 2 is 1.58 bits per heavy atom. The second-order valence-corrected chi connectivity index (χ2v) is 8.02. The van der Waals surface area contributed by atoms with Crippen molar-refractivity contribution in [1.29, 1.82) is 0 Å². The number of imide groups is 1. The summed E-state index contributed by atoms with van der Waals surface area (Å²) in [6.45, 7) is 0. The van der Waals surface area contributed by atoms with Gasteiger partial charge in [-0.3, -0.25) is 9.59 Å². The van der Waals surface area contributed by atoms with Crippen LogP contribution in [-0.2, 0) is 9.59 Å². The maximum absolute atomic E-state index is 12.9. The number of amides is 2. The first-order valence-corrected chi connectivity index (χ1v) is 9.29. The minimum Gasteiger partial charge on any atom is -0.272 e. The van der Waals surface area contributed by atoms with Gasteiger partial charge < -0.3 is 0 Å². The summed E-state index contributed by atoms with van der Waals surface area (Å²) in [5.41, 5.74) is 1.15. The highest BCUT2D eigenvalue weighted by Gasteiger charge is 2.73. The molecule has 2 aromatic carbocycles. The molecule has 26 heavy (non-hydrogen) atoms. The maximum Gasteiger partial charge on any atom is 0.254 e. The highest BCUT2D eigenvalue weighted by atomic mass is 16.2. The number of hydrogen-bond donors (Lipinski definition) is 0. The number of nitrogens with zero attached hydrogens (tertiary/aromatic N) is 2. The Morgan fingerprint density at radius 1 is 0.923 bits per heavy atom. The number of allylic oxidation sites excluding steroid dienone is 2. The van der Waals surface area contributed by atoms with Crippen LogP contribution in [0.5, 0.6) is 0 Å². The Labute approximate surface area is 151 Å². The van der Waals surface area contributed by atoms with Crippen LogP contribution >= 0.6 is 0 Å². The lowest BCUT2D eigenvalue weighted by atomic mass is 9.85. The molecule has 4 heteroatoms. The van der Waals surface area contributed by atoms with Crippen molar-refractivity contribution in [2.45, 2.75) is 12.8 Å². The van der Waals surface area contributed by atoms with Crippen LogP contribution in [0, 0.1) is 29.1 Å². The molecule has 1 saturated heterocycles. The third-order valence-electron chi connectivity index (χ3n) is 6.96. The Morgan fingerprint density at radius 3 is 2.27 bits per heavy atom. The molecule has 128 valence electrons. The van der Waals surface area contributed by atoms with Crippen molar-refractivity contribution in [1.82, 2.24) is 5.01 Å². The molecule has 4 atom stereocenters. The summed E-state index contributed by atoms with van der Waals surface area (Å²) < 4.78 is 0. The summed E-state index contributed by atoms with van der Waals surface area (Å²) in [5.74, 6) is -0.119. The SMILES string of the molecule is O=C1[C@@H]2[C@@H](C(=O)N1/N=C\c1cccc3ccccc13)[C@H]1C=C[C@H]2C12CC2. The van der Waals surface area contributed by atoms with E-state index in [1.807, 2.05) is 42.5 Å². The maximum atomic E-state index is 12.9. The molecule has 3 fully saturated rings. The number of hydrogen-bond acceptors (Lipinski definition) is 3. The van der Waals surface area contributed by atoms with Crippen molar-refractivity contribution in [2.24, 2.45) is 34.2 Å². The van der Waals surface area contributed by atoms with Crippen LogP contribution in [0.4, 0.5) is 0 Å². The molecule has 2 amide bonds. The van der Waals surface area contributed by atoms with E-state index in [9.17, 15) is 9.59 Å². The van der Waals surface area contributed by atoms with E-state index in [-0.39, 0.29) is 40.9 Å². The van der Waals surface area contributed by atoms with Crippen molar-refractivity contribution < 1.29 is 9.59 Å². The predicted octanol–water partition coefficient (Wildman–Crippen LogP) is 3.37. The van der Waals surface area contributed by atoms with Crippen LogP contribution in [0.2, 0.25) is 0 Å². The molecule has 4 aliphatic rings. The Balaban J connectivity index is 1.35. The van der Waals surface area contributed by atoms with E-state index in [1.54, 1.807) is 6.21 Å². The average molecular weight is 342 g/mol. The second-order valence-electron chi connectivity index (χ2n) is 8.02. The van der Waals surface area contributed by atoms with Crippen LogP contribution in [0.3, 0.4) is 0 Å². The van der Waals surface area contributed by atoms with Crippen molar-refractivity contribution in [2.75, 3.05) is 0 Å². The summed E-state index contributed by atoms with van der Waals surface area (Å²) in [7, 11) is 0. The first kappa shape index (κ1) is 14.4.